The third kappa shape index (κ3) is 3.92. The van der Waals surface area contributed by atoms with Crippen molar-refractivity contribution in [2.75, 3.05) is 39.4 Å². The van der Waals surface area contributed by atoms with Gasteiger partial charge in [-0.05, 0) is 18.9 Å². The molecule has 1 amide bonds. The third-order valence-electron chi connectivity index (χ3n) is 4.41. The van der Waals surface area contributed by atoms with E-state index in [2.05, 4.69) is 4.90 Å². The number of nitrogens with zero attached hydrogens (tertiary/aromatic N) is 2. The Hall–Kier alpha value is -1.00. The molecule has 3 rings (SSSR count). The number of hydrogen-bond acceptors (Lipinski definition) is 6. The maximum absolute atomic E-state index is 12.5. The van der Waals surface area contributed by atoms with Crippen molar-refractivity contribution in [3.63, 3.8) is 0 Å². The van der Waals surface area contributed by atoms with Crippen LogP contribution in [0, 0.1) is 0 Å². The summed E-state index contributed by atoms with van der Waals surface area (Å²) in [6.07, 6.45) is 2.10. The van der Waals surface area contributed by atoms with Crippen molar-refractivity contribution in [2.45, 2.75) is 23.1 Å². The molecule has 0 bridgehead atoms. The minimum Gasteiger partial charge on any atom is -0.381 e. The number of hydrogen-bond donors (Lipinski definition) is 1. The van der Waals surface area contributed by atoms with Crippen LogP contribution >= 0.6 is 11.3 Å². The monoisotopic (exact) mass is 359 g/mol. The predicted octanol–water partition coefficient (Wildman–Crippen LogP) is 0.332. The van der Waals surface area contributed by atoms with Gasteiger partial charge in [0.1, 0.15) is 4.21 Å². The average molecular weight is 359 g/mol. The molecule has 7 nitrogen and oxygen atoms in total. The largest absolute Gasteiger partial charge is 0.381 e. The van der Waals surface area contributed by atoms with Crippen LogP contribution in [0.25, 0.3) is 0 Å². The normalized spacial score (nSPS) is 21.5. The molecule has 0 atom stereocenters. The Labute approximate surface area is 140 Å². The van der Waals surface area contributed by atoms with E-state index >= 15 is 0 Å². The molecular weight excluding hydrogens is 338 g/mol. The number of nitrogens with two attached hydrogens (primary N) is 1. The molecule has 2 saturated heterocycles. The van der Waals surface area contributed by atoms with E-state index in [1.807, 2.05) is 0 Å². The molecule has 2 aliphatic rings. The summed E-state index contributed by atoms with van der Waals surface area (Å²) in [6, 6.07) is 1.92. The number of rotatable bonds is 3. The second kappa shape index (κ2) is 6.86. The zero-order chi connectivity index (χ0) is 16.4. The predicted molar refractivity (Wildman–Crippen MR) is 87.0 cm³/mol. The fourth-order valence-corrected chi connectivity index (χ4v) is 4.68. The highest BCUT2D eigenvalue weighted by molar-refractivity contribution is 7.91. The quantitative estimate of drug-likeness (QED) is 0.840. The number of ether oxygens (including phenoxy) is 1. The van der Waals surface area contributed by atoms with Gasteiger partial charge in [0.25, 0.3) is 5.91 Å². The Kier molecular flexibility index (Phi) is 5.02. The van der Waals surface area contributed by atoms with Gasteiger partial charge < -0.3 is 9.64 Å². The third-order valence-corrected chi connectivity index (χ3v) is 6.80. The fourth-order valence-electron chi connectivity index (χ4n) is 3.10. The van der Waals surface area contributed by atoms with Gasteiger partial charge in [-0.3, -0.25) is 9.69 Å². The van der Waals surface area contributed by atoms with Crippen molar-refractivity contribution in [1.29, 1.82) is 0 Å². The number of carbonyl (C=O) groups excluding carboxylic acids is 1. The smallest absolute Gasteiger partial charge is 0.254 e. The molecule has 2 N–H and O–H groups in total. The lowest BCUT2D eigenvalue weighted by molar-refractivity contribution is 0.0137. The van der Waals surface area contributed by atoms with Gasteiger partial charge in [-0.25, -0.2) is 13.6 Å². The van der Waals surface area contributed by atoms with Crippen LogP contribution in [0.2, 0.25) is 0 Å². The first-order valence-corrected chi connectivity index (χ1v) is 10.1. The van der Waals surface area contributed by atoms with E-state index < -0.39 is 10.0 Å². The minimum absolute atomic E-state index is 0.0293. The molecule has 23 heavy (non-hydrogen) atoms. The van der Waals surface area contributed by atoms with Gasteiger partial charge in [-0.2, -0.15) is 0 Å². The van der Waals surface area contributed by atoms with E-state index in [4.69, 9.17) is 9.88 Å². The standard InChI is InChI=1S/C14H21N3O4S2/c15-23(19,20)13-9-11(10-22-13)14(18)17-5-3-16(4-6-17)12-1-7-21-8-2-12/h9-10,12H,1-8H2,(H2,15,19,20). The van der Waals surface area contributed by atoms with Crippen molar-refractivity contribution in [2.24, 2.45) is 5.14 Å². The molecule has 0 saturated carbocycles. The van der Waals surface area contributed by atoms with Gasteiger partial charge >= 0.3 is 0 Å². The average Bonchev–Trinajstić information content (AvgIpc) is 3.05. The molecule has 3 heterocycles. The number of piperazine rings is 1. The SMILES string of the molecule is NS(=O)(=O)c1cc(C(=O)N2CCN(C3CCOCC3)CC2)cs1. The second-order valence-corrected chi connectivity index (χ2v) is 8.57. The highest BCUT2D eigenvalue weighted by atomic mass is 32.2. The van der Waals surface area contributed by atoms with Crippen LogP contribution in [0.3, 0.4) is 0 Å². The van der Waals surface area contributed by atoms with Gasteiger partial charge in [0.2, 0.25) is 10.0 Å². The molecular formula is C14H21N3O4S2. The first-order chi connectivity index (χ1) is 10.9. The van der Waals surface area contributed by atoms with Crippen LogP contribution in [-0.4, -0.2) is 69.6 Å². The lowest BCUT2D eigenvalue weighted by atomic mass is 10.1. The molecule has 128 valence electrons. The van der Waals surface area contributed by atoms with Crippen LogP contribution in [0.5, 0.6) is 0 Å². The van der Waals surface area contributed by atoms with Gasteiger partial charge in [0.15, 0.2) is 0 Å². The van der Waals surface area contributed by atoms with Crippen LogP contribution < -0.4 is 5.14 Å². The lowest BCUT2D eigenvalue weighted by Crippen LogP contribution is -2.53. The summed E-state index contributed by atoms with van der Waals surface area (Å²) >= 11 is 0.987. The highest BCUT2D eigenvalue weighted by Gasteiger charge is 2.28. The van der Waals surface area contributed by atoms with E-state index in [9.17, 15) is 13.2 Å². The first-order valence-electron chi connectivity index (χ1n) is 7.67. The Morgan fingerprint density at radius 2 is 1.87 bits per heavy atom. The maximum atomic E-state index is 12.5. The van der Waals surface area contributed by atoms with Crippen LogP contribution in [-0.2, 0) is 14.8 Å². The second-order valence-electron chi connectivity index (χ2n) is 5.87. The van der Waals surface area contributed by atoms with Gasteiger partial charge in [0, 0.05) is 50.8 Å². The van der Waals surface area contributed by atoms with E-state index in [0.717, 1.165) is 50.5 Å². The first kappa shape index (κ1) is 16.8. The van der Waals surface area contributed by atoms with Crippen molar-refractivity contribution in [3.8, 4) is 0 Å². The summed E-state index contributed by atoms with van der Waals surface area (Å²) in [5.74, 6) is -0.122. The summed E-state index contributed by atoms with van der Waals surface area (Å²) in [5, 5.41) is 6.65. The Morgan fingerprint density at radius 3 is 2.43 bits per heavy atom. The molecule has 1 aromatic rings. The summed E-state index contributed by atoms with van der Waals surface area (Å²) in [7, 11) is -3.74. The van der Waals surface area contributed by atoms with E-state index in [1.54, 1.807) is 10.3 Å². The van der Waals surface area contributed by atoms with E-state index in [1.165, 1.54) is 6.07 Å². The summed E-state index contributed by atoms with van der Waals surface area (Å²) in [6.45, 7) is 4.66. The van der Waals surface area contributed by atoms with E-state index in [0.29, 0.717) is 24.7 Å². The number of primary sulfonamides is 1. The molecule has 2 fully saturated rings. The van der Waals surface area contributed by atoms with Crippen molar-refractivity contribution in [1.82, 2.24) is 9.80 Å². The Morgan fingerprint density at radius 1 is 1.22 bits per heavy atom. The number of sulfonamides is 1. The van der Waals surface area contributed by atoms with Gasteiger partial charge in [-0.1, -0.05) is 0 Å². The Balaban J connectivity index is 1.58. The number of carbonyl (C=O) groups is 1. The molecule has 0 spiro atoms. The van der Waals surface area contributed by atoms with Gasteiger partial charge in [0.05, 0.1) is 5.56 Å². The van der Waals surface area contributed by atoms with Crippen LogP contribution in [0.15, 0.2) is 15.7 Å². The van der Waals surface area contributed by atoms with Crippen molar-refractivity contribution >= 4 is 27.3 Å². The molecule has 0 aliphatic carbocycles. The summed E-state index contributed by atoms with van der Waals surface area (Å²) in [5.41, 5.74) is 0.401. The van der Waals surface area contributed by atoms with Crippen LogP contribution in [0.4, 0.5) is 0 Å². The zero-order valence-corrected chi connectivity index (χ0v) is 14.4. The number of amides is 1. The summed E-state index contributed by atoms with van der Waals surface area (Å²) in [4.78, 5) is 16.7. The van der Waals surface area contributed by atoms with Gasteiger partial charge in [-0.15, -0.1) is 11.3 Å². The van der Waals surface area contributed by atoms with Crippen molar-refractivity contribution in [3.05, 3.63) is 17.0 Å². The molecule has 0 radical (unpaired) electrons. The zero-order valence-electron chi connectivity index (χ0n) is 12.8. The summed E-state index contributed by atoms with van der Waals surface area (Å²) < 4.78 is 28.0. The maximum Gasteiger partial charge on any atom is 0.254 e. The molecule has 2 aliphatic heterocycles. The fraction of sp³-hybridized carbons (Fsp3) is 0.643. The Bertz CT molecular complexity index is 659. The van der Waals surface area contributed by atoms with E-state index in [-0.39, 0.29) is 10.1 Å². The van der Waals surface area contributed by atoms with Crippen molar-refractivity contribution < 1.29 is 17.9 Å². The van der Waals surface area contributed by atoms with Crippen LogP contribution in [0.1, 0.15) is 23.2 Å². The number of thiophene rings is 1. The molecule has 1 aromatic heterocycles. The lowest BCUT2D eigenvalue weighted by Gasteiger charge is -2.40. The highest BCUT2D eigenvalue weighted by Crippen LogP contribution is 2.22. The topological polar surface area (TPSA) is 92.9 Å². The molecule has 9 heteroatoms. The molecule has 0 aromatic carbocycles. The molecule has 0 unspecified atom stereocenters. The minimum atomic E-state index is -3.74.